The lowest BCUT2D eigenvalue weighted by Gasteiger charge is -2.14. The number of nitrogens with one attached hydrogen (secondary N) is 1. The van der Waals surface area contributed by atoms with E-state index in [1.54, 1.807) is 6.08 Å². The van der Waals surface area contributed by atoms with Crippen LogP contribution in [0.3, 0.4) is 0 Å². The van der Waals surface area contributed by atoms with E-state index < -0.39 is 5.97 Å². The molecule has 2 N–H and O–H groups in total. The number of aliphatic carboxylic acids is 1. The molecule has 1 amide bonds. The van der Waals surface area contributed by atoms with Crippen LogP contribution in [0.4, 0.5) is 0 Å². The zero-order valence-corrected chi connectivity index (χ0v) is 13.8. The molecular formula is C16H20BrNO3. The van der Waals surface area contributed by atoms with Crippen LogP contribution in [0, 0.1) is 6.92 Å². The molecule has 0 aliphatic carbocycles. The third-order valence-corrected chi connectivity index (χ3v) is 3.66. The summed E-state index contributed by atoms with van der Waals surface area (Å²) in [5.74, 6) is -1.18. The maximum Gasteiger partial charge on any atom is 0.305 e. The first-order chi connectivity index (χ1) is 9.92. The molecule has 1 aromatic rings. The van der Waals surface area contributed by atoms with Gasteiger partial charge in [-0.3, -0.25) is 9.59 Å². The molecule has 0 saturated carbocycles. The van der Waals surface area contributed by atoms with Gasteiger partial charge in [0, 0.05) is 16.6 Å². The summed E-state index contributed by atoms with van der Waals surface area (Å²) < 4.78 is 0.919. The Balaban J connectivity index is 2.66. The number of benzene rings is 1. The van der Waals surface area contributed by atoms with Crippen molar-refractivity contribution in [2.24, 2.45) is 0 Å². The van der Waals surface area contributed by atoms with Crippen LogP contribution in [0.1, 0.15) is 37.3 Å². The predicted octanol–water partition coefficient (Wildman–Crippen LogP) is 3.53. The molecule has 0 aromatic heterocycles. The fourth-order valence-electron chi connectivity index (χ4n) is 1.97. The summed E-state index contributed by atoms with van der Waals surface area (Å²) in [6.45, 7) is 3.95. The third kappa shape index (κ3) is 6.58. The van der Waals surface area contributed by atoms with Crippen LogP contribution in [0.25, 0.3) is 6.08 Å². The van der Waals surface area contributed by atoms with Crippen molar-refractivity contribution in [1.29, 1.82) is 0 Å². The molecule has 21 heavy (non-hydrogen) atoms. The Bertz CT molecular complexity index is 540. The van der Waals surface area contributed by atoms with E-state index in [2.05, 4.69) is 21.2 Å². The molecule has 5 heteroatoms. The van der Waals surface area contributed by atoms with Crippen molar-refractivity contribution in [2.45, 2.75) is 39.2 Å². The Morgan fingerprint density at radius 1 is 1.43 bits per heavy atom. The van der Waals surface area contributed by atoms with E-state index >= 15 is 0 Å². The number of rotatable bonds is 7. The SMILES string of the molecule is CCCC(CC(=O)O)NC(=O)/C=C/c1ccc(C)cc1Br. The molecule has 0 fully saturated rings. The molecule has 114 valence electrons. The van der Waals surface area contributed by atoms with Gasteiger partial charge in [0.1, 0.15) is 0 Å². The van der Waals surface area contributed by atoms with Gasteiger partial charge >= 0.3 is 5.97 Å². The highest BCUT2D eigenvalue weighted by molar-refractivity contribution is 9.10. The van der Waals surface area contributed by atoms with E-state index in [0.717, 1.165) is 22.0 Å². The van der Waals surface area contributed by atoms with Crippen molar-refractivity contribution in [1.82, 2.24) is 5.32 Å². The lowest BCUT2D eigenvalue weighted by atomic mass is 10.1. The van der Waals surface area contributed by atoms with Crippen molar-refractivity contribution in [3.05, 3.63) is 39.9 Å². The molecule has 1 aromatic carbocycles. The van der Waals surface area contributed by atoms with E-state index in [0.29, 0.717) is 6.42 Å². The van der Waals surface area contributed by atoms with Crippen molar-refractivity contribution >= 4 is 33.9 Å². The highest BCUT2D eigenvalue weighted by atomic mass is 79.9. The van der Waals surface area contributed by atoms with E-state index in [4.69, 9.17) is 5.11 Å². The number of amides is 1. The van der Waals surface area contributed by atoms with Gasteiger partial charge in [-0.2, -0.15) is 0 Å². The van der Waals surface area contributed by atoms with Gasteiger partial charge in [0.15, 0.2) is 0 Å². The fraction of sp³-hybridized carbons (Fsp3) is 0.375. The highest BCUT2D eigenvalue weighted by Crippen LogP contribution is 2.19. The Hall–Kier alpha value is -1.62. The molecule has 0 aliphatic rings. The molecule has 1 rings (SSSR count). The molecule has 0 radical (unpaired) electrons. The van der Waals surface area contributed by atoms with Crippen molar-refractivity contribution in [2.75, 3.05) is 0 Å². The van der Waals surface area contributed by atoms with Crippen molar-refractivity contribution in [3.8, 4) is 0 Å². The number of carbonyl (C=O) groups excluding carboxylic acids is 1. The minimum atomic E-state index is -0.904. The van der Waals surface area contributed by atoms with Gasteiger partial charge in [-0.1, -0.05) is 41.4 Å². The second kappa shape index (κ2) is 8.62. The lowest BCUT2D eigenvalue weighted by molar-refractivity contribution is -0.137. The molecule has 1 atom stereocenters. The first kappa shape index (κ1) is 17.4. The fourth-order valence-corrected chi connectivity index (χ4v) is 2.59. The number of carbonyl (C=O) groups is 2. The molecule has 0 bridgehead atoms. The normalized spacial score (nSPS) is 12.3. The summed E-state index contributed by atoms with van der Waals surface area (Å²) >= 11 is 3.45. The van der Waals surface area contributed by atoms with E-state index in [9.17, 15) is 9.59 Å². The van der Waals surface area contributed by atoms with Gasteiger partial charge in [-0.15, -0.1) is 0 Å². The minimum absolute atomic E-state index is 0.0539. The number of aryl methyl sites for hydroxylation is 1. The van der Waals surface area contributed by atoms with Gasteiger partial charge < -0.3 is 10.4 Å². The van der Waals surface area contributed by atoms with Gasteiger partial charge in [-0.25, -0.2) is 0 Å². The zero-order chi connectivity index (χ0) is 15.8. The largest absolute Gasteiger partial charge is 0.481 e. The van der Waals surface area contributed by atoms with Crippen LogP contribution >= 0.6 is 15.9 Å². The average molecular weight is 354 g/mol. The number of carboxylic acid groups (broad SMARTS) is 1. The summed E-state index contributed by atoms with van der Waals surface area (Å²) in [6, 6.07) is 5.53. The van der Waals surface area contributed by atoms with E-state index in [-0.39, 0.29) is 18.4 Å². The van der Waals surface area contributed by atoms with Crippen LogP contribution in [0.2, 0.25) is 0 Å². The number of carboxylic acids is 1. The van der Waals surface area contributed by atoms with Gasteiger partial charge in [0.25, 0.3) is 0 Å². The summed E-state index contributed by atoms with van der Waals surface area (Å²) in [5, 5.41) is 11.5. The standard InChI is InChI=1S/C16H20BrNO3/c1-3-4-13(10-16(20)21)18-15(19)8-7-12-6-5-11(2)9-14(12)17/h5-9,13H,3-4,10H2,1-2H3,(H,18,19)(H,20,21)/b8-7+. The molecular weight excluding hydrogens is 334 g/mol. The summed E-state index contributed by atoms with van der Waals surface area (Å²) in [5.41, 5.74) is 2.04. The Morgan fingerprint density at radius 2 is 2.14 bits per heavy atom. The van der Waals surface area contributed by atoms with Crippen LogP contribution in [0.5, 0.6) is 0 Å². The van der Waals surface area contributed by atoms with Crippen molar-refractivity contribution in [3.63, 3.8) is 0 Å². The lowest BCUT2D eigenvalue weighted by Crippen LogP contribution is -2.35. The van der Waals surface area contributed by atoms with Crippen LogP contribution in [0.15, 0.2) is 28.7 Å². The highest BCUT2D eigenvalue weighted by Gasteiger charge is 2.13. The van der Waals surface area contributed by atoms with Gasteiger partial charge in [-0.05, 0) is 36.6 Å². The minimum Gasteiger partial charge on any atom is -0.481 e. The zero-order valence-electron chi connectivity index (χ0n) is 12.2. The second-order valence-corrected chi connectivity index (χ2v) is 5.80. The Morgan fingerprint density at radius 3 is 2.71 bits per heavy atom. The molecule has 1 unspecified atom stereocenters. The van der Waals surface area contributed by atoms with Gasteiger partial charge in [0.05, 0.1) is 6.42 Å². The topological polar surface area (TPSA) is 66.4 Å². The van der Waals surface area contributed by atoms with E-state index in [1.807, 2.05) is 32.0 Å². The summed E-state index contributed by atoms with van der Waals surface area (Å²) in [4.78, 5) is 22.6. The smallest absolute Gasteiger partial charge is 0.305 e. The molecule has 4 nitrogen and oxygen atoms in total. The maximum atomic E-state index is 11.9. The summed E-state index contributed by atoms with van der Waals surface area (Å²) in [6.07, 6.45) is 4.57. The van der Waals surface area contributed by atoms with Crippen molar-refractivity contribution < 1.29 is 14.7 Å². The Kier molecular flexibility index (Phi) is 7.15. The third-order valence-electron chi connectivity index (χ3n) is 2.97. The maximum absolute atomic E-state index is 11.9. The molecule has 0 aliphatic heterocycles. The first-order valence-electron chi connectivity index (χ1n) is 6.89. The number of halogens is 1. The molecule has 0 saturated heterocycles. The average Bonchev–Trinajstić information content (AvgIpc) is 2.37. The number of hydrogen-bond acceptors (Lipinski definition) is 2. The number of hydrogen-bond donors (Lipinski definition) is 2. The van der Waals surface area contributed by atoms with Crippen LogP contribution in [-0.4, -0.2) is 23.0 Å². The monoisotopic (exact) mass is 353 g/mol. The van der Waals surface area contributed by atoms with Crippen LogP contribution in [-0.2, 0) is 9.59 Å². The quantitative estimate of drug-likeness (QED) is 0.736. The summed E-state index contributed by atoms with van der Waals surface area (Å²) in [7, 11) is 0. The Labute approximate surface area is 133 Å². The molecule has 0 spiro atoms. The second-order valence-electron chi connectivity index (χ2n) is 4.95. The predicted molar refractivity (Wildman–Crippen MR) is 87.0 cm³/mol. The van der Waals surface area contributed by atoms with Crippen LogP contribution < -0.4 is 5.32 Å². The van der Waals surface area contributed by atoms with E-state index in [1.165, 1.54) is 6.08 Å². The molecule has 0 heterocycles. The first-order valence-corrected chi connectivity index (χ1v) is 7.68. The van der Waals surface area contributed by atoms with Gasteiger partial charge in [0.2, 0.25) is 5.91 Å².